The van der Waals surface area contributed by atoms with Crippen LogP contribution >= 0.6 is 0 Å². The van der Waals surface area contributed by atoms with Crippen molar-refractivity contribution in [3.63, 3.8) is 0 Å². The van der Waals surface area contributed by atoms with Gasteiger partial charge in [-0.3, -0.25) is 0 Å². The van der Waals surface area contributed by atoms with Crippen molar-refractivity contribution in [2.24, 2.45) is 5.73 Å². The van der Waals surface area contributed by atoms with Gasteiger partial charge in [0.05, 0.1) is 13.2 Å². The van der Waals surface area contributed by atoms with E-state index in [1.54, 1.807) is 19.1 Å². The Morgan fingerprint density at radius 1 is 1.35 bits per heavy atom. The van der Waals surface area contributed by atoms with Crippen LogP contribution in [0, 0.1) is 0 Å². The minimum absolute atomic E-state index is 0.383. The first-order chi connectivity index (χ1) is 8.15. The van der Waals surface area contributed by atoms with Crippen molar-refractivity contribution in [3.05, 3.63) is 17.7 Å². The zero-order valence-corrected chi connectivity index (χ0v) is 9.97. The normalized spacial score (nSPS) is 17.4. The van der Waals surface area contributed by atoms with Crippen molar-refractivity contribution in [2.75, 3.05) is 20.3 Å². The second-order valence-electron chi connectivity index (χ2n) is 4.02. The van der Waals surface area contributed by atoms with Crippen molar-refractivity contribution < 1.29 is 19.3 Å². The van der Waals surface area contributed by atoms with Crippen molar-refractivity contribution >= 4 is 0 Å². The Morgan fingerprint density at radius 2 is 2.06 bits per heavy atom. The molecule has 0 fully saturated rings. The summed E-state index contributed by atoms with van der Waals surface area (Å²) >= 11 is 0. The maximum absolute atomic E-state index is 10.0. The Kier molecular flexibility index (Phi) is 3.40. The van der Waals surface area contributed by atoms with Gasteiger partial charge in [-0.25, -0.2) is 0 Å². The van der Waals surface area contributed by atoms with Crippen LogP contribution in [0.2, 0.25) is 0 Å². The van der Waals surface area contributed by atoms with Crippen LogP contribution < -0.4 is 19.9 Å². The van der Waals surface area contributed by atoms with E-state index in [-0.39, 0.29) is 6.04 Å². The van der Waals surface area contributed by atoms with E-state index in [1.165, 1.54) is 7.11 Å². The number of nitrogens with two attached hydrogens (primary N) is 1. The summed E-state index contributed by atoms with van der Waals surface area (Å²) in [5.74, 6) is 1.66. The first-order valence-corrected chi connectivity index (χ1v) is 5.55. The average molecular weight is 239 g/mol. The summed E-state index contributed by atoms with van der Waals surface area (Å²) in [6, 6.07) is 3.13. The van der Waals surface area contributed by atoms with E-state index < -0.39 is 6.10 Å². The zero-order valence-electron chi connectivity index (χ0n) is 9.97. The predicted molar refractivity (Wildman–Crippen MR) is 62.6 cm³/mol. The summed E-state index contributed by atoms with van der Waals surface area (Å²) in [5, 5.41) is 10.0. The quantitative estimate of drug-likeness (QED) is 0.818. The van der Waals surface area contributed by atoms with Gasteiger partial charge in [0.15, 0.2) is 11.5 Å². The van der Waals surface area contributed by atoms with E-state index in [4.69, 9.17) is 19.9 Å². The number of ether oxygens (including phenoxy) is 3. The number of hydrogen-bond acceptors (Lipinski definition) is 5. The van der Waals surface area contributed by atoms with E-state index in [9.17, 15) is 5.11 Å². The molecule has 2 unspecified atom stereocenters. The summed E-state index contributed by atoms with van der Waals surface area (Å²) in [6.45, 7) is 2.73. The molecule has 1 aromatic carbocycles. The van der Waals surface area contributed by atoms with E-state index in [1.807, 2.05) is 0 Å². The third kappa shape index (κ3) is 2.16. The molecular weight excluding hydrogens is 222 g/mol. The van der Waals surface area contributed by atoms with Crippen LogP contribution in [0.25, 0.3) is 0 Å². The van der Waals surface area contributed by atoms with Gasteiger partial charge in [0, 0.05) is 11.6 Å². The van der Waals surface area contributed by atoms with Gasteiger partial charge in [-0.05, 0) is 19.1 Å². The van der Waals surface area contributed by atoms with Crippen LogP contribution in [-0.4, -0.2) is 31.5 Å². The van der Waals surface area contributed by atoms with Crippen molar-refractivity contribution in [3.8, 4) is 17.2 Å². The molecule has 0 spiro atoms. The number of fused-ring (bicyclic) bond motifs is 1. The SMILES string of the molecule is COc1c(C(O)C(C)N)ccc2c1OCCO2. The third-order valence-corrected chi connectivity index (χ3v) is 2.71. The highest BCUT2D eigenvalue weighted by molar-refractivity contribution is 5.57. The van der Waals surface area contributed by atoms with Crippen molar-refractivity contribution in [2.45, 2.75) is 19.1 Å². The smallest absolute Gasteiger partial charge is 0.204 e. The Morgan fingerprint density at radius 3 is 2.71 bits per heavy atom. The molecule has 1 aliphatic rings. The topological polar surface area (TPSA) is 73.9 Å². The summed E-state index contributed by atoms with van der Waals surface area (Å²) in [6.07, 6.45) is -0.791. The van der Waals surface area contributed by atoms with E-state index in [0.29, 0.717) is 36.0 Å². The summed E-state index contributed by atoms with van der Waals surface area (Å²) < 4.78 is 16.3. The molecule has 3 N–H and O–H groups in total. The van der Waals surface area contributed by atoms with Crippen molar-refractivity contribution in [1.82, 2.24) is 0 Å². The Balaban J connectivity index is 2.46. The molecule has 0 saturated heterocycles. The molecule has 0 aromatic heterocycles. The highest BCUT2D eigenvalue weighted by Crippen LogP contribution is 2.43. The van der Waals surface area contributed by atoms with Crippen molar-refractivity contribution in [1.29, 1.82) is 0 Å². The molecule has 2 atom stereocenters. The second kappa shape index (κ2) is 4.81. The lowest BCUT2D eigenvalue weighted by molar-refractivity contribution is 0.141. The molecule has 94 valence electrons. The molecule has 1 aromatic rings. The molecule has 5 nitrogen and oxygen atoms in total. The van der Waals surface area contributed by atoms with Gasteiger partial charge in [0.25, 0.3) is 0 Å². The number of hydrogen-bond donors (Lipinski definition) is 2. The Labute approximate surface area is 100 Å². The van der Waals surface area contributed by atoms with Gasteiger partial charge >= 0.3 is 0 Å². The van der Waals surface area contributed by atoms with Crippen LogP contribution in [0.15, 0.2) is 12.1 Å². The van der Waals surface area contributed by atoms with E-state index in [0.717, 1.165) is 0 Å². The maximum Gasteiger partial charge on any atom is 0.204 e. The highest BCUT2D eigenvalue weighted by atomic mass is 16.6. The summed E-state index contributed by atoms with van der Waals surface area (Å²) in [7, 11) is 1.53. The van der Waals surface area contributed by atoms with Gasteiger partial charge in [0.2, 0.25) is 5.75 Å². The molecule has 1 aliphatic heterocycles. The van der Waals surface area contributed by atoms with E-state index >= 15 is 0 Å². The van der Waals surface area contributed by atoms with Gasteiger partial charge < -0.3 is 25.1 Å². The number of aliphatic hydroxyl groups is 1. The molecule has 0 aliphatic carbocycles. The molecule has 5 heteroatoms. The number of aliphatic hydroxyl groups excluding tert-OH is 1. The minimum Gasteiger partial charge on any atom is -0.492 e. The number of benzene rings is 1. The predicted octanol–water partition coefficient (Wildman–Crippen LogP) is 0.847. The van der Waals surface area contributed by atoms with Crippen LogP contribution in [0.4, 0.5) is 0 Å². The lowest BCUT2D eigenvalue weighted by Crippen LogP contribution is -2.25. The fraction of sp³-hybridized carbons (Fsp3) is 0.500. The largest absolute Gasteiger partial charge is 0.492 e. The second-order valence-corrected chi connectivity index (χ2v) is 4.02. The van der Waals surface area contributed by atoms with Gasteiger partial charge in [0.1, 0.15) is 13.2 Å². The molecular formula is C12H17NO4. The van der Waals surface area contributed by atoms with Crippen LogP contribution in [0.3, 0.4) is 0 Å². The van der Waals surface area contributed by atoms with Gasteiger partial charge in [-0.1, -0.05) is 0 Å². The third-order valence-electron chi connectivity index (χ3n) is 2.71. The molecule has 0 radical (unpaired) electrons. The summed E-state index contributed by atoms with van der Waals surface area (Å²) in [4.78, 5) is 0. The van der Waals surface area contributed by atoms with Gasteiger partial charge in [-0.15, -0.1) is 0 Å². The molecule has 2 rings (SSSR count). The standard InChI is InChI=1S/C12H17NO4/c1-7(13)10(14)8-3-4-9-12(11(8)15-2)17-6-5-16-9/h3-4,7,10,14H,5-6,13H2,1-2H3. The highest BCUT2D eigenvalue weighted by Gasteiger charge is 2.25. The molecule has 0 amide bonds. The van der Waals surface area contributed by atoms with Crippen LogP contribution in [0.1, 0.15) is 18.6 Å². The molecule has 1 heterocycles. The lowest BCUT2D eigenvalue weighted by atomic mass is 10.0. The minimum atomic E-state index is -0.791. The Bertz CT molecular complexity index is 406. The van der Waals surface area contributed by atoms with Gasteiger partial charge in [-0.2, -0.15) is 0 Å². The number of methoxy groups -OCH3 is 1. The van der Waals surface area contributed by atoms with Crippen LogP contribution in [-0.2, 0) is 0 Å². The Hall–Kier alpha value is -1.46. The monoisotopic (exact) mass is 239 g/mol. The molecule has 17 heavy (non-hydrogen) atoms. The fourth-order valence-corrected chi connectivity index (χ4v) is 1.83. The molecule has 0 saturated carbocycles. The zero-order chi connectivity index (χ0) is 12.4. The molecule has 0 bridgehead atoms. The maximum atomic E-state index is 10.0. The fourth-order valence-electron chi connectivity index (χ4n) is 1.83. The lowest BCUT2D eigenvalue weighted by Gasteiger charge is -2.24. The van der Waals surface area contributed by atoms with Crippen LogP contribution in [0.5, 0.6) is 17.2 Å². The first-order valence-electron chi connectivity index (χ1n) is 5.55. The average Bonchev–Trinajstić information content (AvgIpc) is 2.36. The van der Waals surface area contributed by atoms with E-state index in [2.05, 4.69) is 0 Å². The number of rotatable bonds is 3. The summed E-state index contributed by atoms with van der Waals surface area (Å²) in [5.41, 5.74) is 6.31. The first kappa shape index (κ1) is 12.0.